The third-order valence-corrected chi connectivity index (χ3v) is 5.18. The summed E-state index contributed by atoms with van der Waals surface area (Å²) in [6.45, 7) is 11.3. The van der Waals surface area contributed by atoms with E-state index in [-0.39, 0.29) is 0 Å². The number of aryl methyl sites for hydroxylation is 1. The van der Waals surface area contributed by atoms with Gasteiger partial charge in [0.15, 0.2) is 0 Å². The summed E-state index contributed by atoms with van der Waals surface area (Å²) < 4.78 is 5.99. The van der Waals surface area contributed by atoms with E-state index in [1.807, 2.05) is 0 Å². The lowest BCUT2D eigenvalue weighted by molar-refractivity contribution is 0.0659. The molecular formula is C23H32N2O2. The van der Waals surface area contributed by atoms with E-state index < -0.39 is 6.10 Å². The van der Waals surface area contributed by atoms with Crippen molar-refractivity contribution in [3.8, 4) is 5.75 Å². The number of anilines is 1. The molecule has 0 radical (unpaired) electrons. The second kappa shape index (κ2) is 9.25. The minimum Gasteiger partial charge on any atom is -0.491 e. The highest BCUT2D eigenvalue weighted by Crippen LogP contribution is 2.27. The molecule has 0 aromatic heterocycles. The van der Waals surface area contributed by atoms with Crippen LogP contribution in [0.1, 0.15) is 30.9 Å². The highest BCUT2D eigenvalue weighted by atomic mass is 16.5. The Morgan fingerprint density at radius 3 is 2.37 bits per heavy atom. The monoisotopic (exact) mass is 368 g/mol. The van der Waals surface area contributed by atoms with Gasteiger partial charge < -0.3 is 14.7 Å². The molecule has 27 heavy (non-hydrogen) atoms. The van der Waals surface area contributed by atoms with E-state index in [0.717, 1.165) is 31.9 Å². The Morgan fingerprint density at radius 1 is 1.00 bits per heavy atom. The summed E-state index contributed by atoms with van der Waals surface area (Å²) in [5, 5.41) is 10.5. The van der Waals surface area contributed by atoms with Crippen molar-refractivity contribution in [2.45, 2.75) is 32.8 Å². The average molecular weight is 369 g/mol. The van der Waals surface area contributed by atoms with Gasteiger partial charge in [-0.3, -0.25) is 4.90 Å². The minimum atomic E-state index is -0.478. The second-order valence-corrected chi connectivity index (χ2v) is 7.78. The summed E-state index contributed by atoms with van der Waals surface area (Å²) >= 11 is 0. The molecule has 0 aliphatic carbocycles. The first kappa shape index (κ1) is 19.7. The van der Waals surface area contributed by atoms with Crippen molar-refractivity contribution < 1.29 is 9.84 Å². The summed E-state index contributed by atoms with van der Waals surface area (Å²) in [6, 6.07) is 16.9. The molecule has 3 rings (SSSR count). The normalized spacial score (nSPS) is 16.6. The molecule has 0 bridgehead atoms. The van der Waals surface area contributed by atoms with Crippen LogP contribution in [0, 0.1) is 6.92 Å². The zero-order valence-corrected chi connectivity index (χ0v) is 16.8. The number of rotatable bonds is 7. The Hall–Kier alpha value is -2.04. The molecular weight excluding hydrogens is 336 g/mol. The lowest BCUT2D eigenvalue weighted by Crippen LogP contribution is -2.49. The smallest absolute Gasteiger partial charge is 0.123 e. The zero-order valence-electron chi connectivity index (χ0n) is 16.8. The van der Waals surface area contributed by atoms with Gasteiger partial charge in [0.2, 0.25) is 0 Å². The van der Waals surface area contributed by atoms with Crippen molar-refractivity contribution in [1.82, 2.24) is 4.90 Å². The van der Waals surface area contributed by atoms with Crippen LogP contribution in [0.5, 0.6) is 5.75 Å². The first-order valence-corrected chi connectivity index (χ1v) is 9.96. The highest BCUT2D eigenvalue weighted by molar-refractivity contribution is 5.46. The fourth-order valence-electron chi connectivity index (χ4n) is 3.61. The number of para-hydroxylation sites is 1. The number of β-amino-alcohol motifs (C(OH)–C–C–N with tert-alkyl or cyclic N) is 1. The third kappa shape index (κ3) is 5.47. The van der Waals surface area contributed by atoms with E-state index in [2.05, 4.69) is 79.1 Å². The Morgan fingerprint density at radius 2 is 1.70 bits per heavy atom. The number of aliphatic hydroxyl groups is 1. The summed E-state index contributed by atoms with van der Waals surface area (Å²) in [4.78, 5) is 4.73. The summed E-state index contributed by atoms with van der Waals surface area (Å²) in [7, 11) is 0. The average Bonchev–Trinajstić information content (AvgIpc) is 2.67. The molecule has 0 amide bonds. The van der Waals surface area contributed by atoms with Gasteiger partial charge in [-0.05, 0) is 42.2 Å². The van der Waals surface area contributed by atoms with Crippen LogP contribution in [-0.2, 0) is 0 Å². The van der Waals surface area contributed by atoms with Crippen LogP contribution in [0.15, 0.2) is 48.5 Å². The topological polar surface area (TPSA) is 35.9 Å². The fraction of sp³-hybridized carbons (Fsp3) is 0.478. The number of aliphatic hydroxyl groups excluding tert-OH is 1. The quantitative estimate of drug-likeness (QED) is 0.809. The van der Waals surface area contributed by atoms with Crippen LogP contribution in [0.3, 0.4) is 0 Å². The van der Waals surface area contributed by atoms with Crippen LogP contribution >= 0.6 is 0 Å². The molecule has 0 saturated carbocycles. The molecule has 1 N–H and O–H groups in total. The van der Waals surface area contributed by atoms with E-state index >= 15 is 0 Å². The van der Waals surface area contributed by atoms with Gasteiger partial charge in [0, 0.05) is 38.4 Å². The maximum Gasteiger partial charge on any atom is 0.123 e. The molecule has 4 heteroatoms. The van der Waals surface area contributed by atoms with Crippen molar-refractivity contribution in [2.24, 2.45) is 0 Å². The van der Waals surface area contributed by atoms with Gasteiger partial charge in [0.1, 0.15) is 18.5 Å². The molecule has 2 aromatic rings. The van der Waals surface area contributed by atoms with Crippen LogP contribution in [0.4, 0.5) is 5.69 Å². The van der Waals surface area contributed by atoms with Crippen LogP contribution < -0.4 is 9.64 Å². The van der Waals surface area contributed by atoms with Crippen molar-refractivity contribution >= 4 is 5.69 Å². The molecule has 1 aliphatic rings. The largest absolute Gasteiger partial charge is 0.491 e. The Bertz CT molecular complexity index is 710. The van der Waals surface area contributed by atoms with E-state index in [0.29, 0.717) is 19.1 Å². The van der Waals surface area contributed by atoms with Crippen molar-refractivity contribution in [2.75, 3.05) is 44.2 Å². The number of ether oxygens (including phenoxy) is 1. The second-order valence-electron chi connectivity index (χ2n) is 7.78. The number of nitrogens with zero attached hydrogens (tertiary/aromatic N) is 2. The molecule has 0 spiro atoms. The standard InChI is InChI=1S/C23H32N2O2/c1-18(2)22-10-9-19(3)15-23(22)27-17-21(26)16-24-11-13-25(14-12-24)20-7-5-4-6-8-20/h4-10,15,18,21,26H,11-14,16-17H2,1-3H3/t21-/m1/s1. The van der Waals surface area contributed by atoms with Gasteiger partial charge in [-0.2, -0.15) is 0 Å². The summed E-state index contributed by atoms with van der Waals surface area (Å²) in [5.41, 5.74) is 3.66. The predicted molar refractivity (Wildman–Crippen MR) is 112 cm³/mol. The number of hydrogen-bond acceptors (Lipinski definition) is 4. The zero-order chi connectivity index (χ0) is 19.2. The summed E-state index contributed by atoms with van der Waals surface area (Å²) in [5.74, 6) is 1.31. The Balaban J connectivity index is 1.47. The van der Waals surface area contributed by atoms with E-state index in [1.165, 1.54) is 16.8 Å². The van der Waals surface area contributed by atoms with E-state index in [4.69, 9.17) is 4.74 Å². The van der Waals surface area contributed by atoms with Crippen molar-refractivity contribution in [1.29, 1.82) is 0 Å². The number of piperazine rings is 1. The molecule has 2 aromatic carbocycles. The van der Waals surface area contributed by atoms with Gasteiger partial charge in [-0.1, -0.05) is 44.2 Å². The molecule has 1 heterocycles. The SMILES string of the molecule is Cc1ccc(C(C)C)c(OC[C@H](O)CN2CCN(c3ccccc3)CC2)c1. The van der Waals surface area contributed by atoms with Gasteiger partial charge in [-0.15, -0.1) is 0 Å². The van der Waals surface area contributed by atoms with Gasteiger partial charge in [0.05, 0.1) is 0 Å². The fourth-order valence-corrected chi connectivity index (χ4v) is 3.61. The van der Waals surface area contributed by atoms with E-state index in [1.54, 1.807) is 0 Å². The first-order valence-electron chi connectivity index (χ1n) is 9.96. The molecule has 1 atom stereocenters. The van der Waals surface area contributed by atoms with Crippen molar-refractivity contribution in [3.63, 3.8) is 0 Å². The predicted octanol–water partition coefficient (Wildman–Crippen LogP) is 3.68. The van der Waals surface area contributed by atoms with Crippen molar-refractivity contribution in [3.05, 3.63) is 59.7 Å². The molecule has 1 aliphatic heterocycles. The third-order valence-electron chi connectivity index (χ3n) is 5.18. The lowest BCUT2D eigenvalue weighted by atomic mass is 10.0. The minimum absolute atomic E-state index is 0.335. The molecule has 1 saturated heterocycles. The number of benzene rings is 2. The lowest BCUT2D eigenvalue weighted by Gasteiger charge is -2.36. The molecule has 1 fully saturated rings. The molecule has 4 nitrogen and oxygen atoms in total. The highest BCUT2D eigenvalue weighted by Gasteiger charge is 2.20. The maximum absolute atomic E-state index is 10.5. The Labute approximate surface area is 163 Å². The van der Waals surface area contributed by atoms with Gasteiger partial charge in [0.25, 0.3) is 0 Å². The van der Waals surface area contributed by atoms with Crippen LogP contribution in [0.2, 0.25) is 0 Å². The first-order chi connectivity index (χ1) is 13.0. The van der Waals surface area contributed by atoms with E-state index in [9.17, 15) is 5.11 Å². The maximum atomic E-state index is 10.5. The molecule has 0 unspecified atom stereocenters. The number of hydrogen-bond donors (Lipinski definition) is 1. The van der Waals surface area contributed by atoms with Crippen LogP contribution in [0.25, 0.3) is 0 Å². The Kier molecular flexibility index (Phi) is 6.75. The van der Waals surface area contributed by atoms with Gasteiger partial charge >= 0.3 is 0 Å². The van der Waals surface area contributed by atoms with Gasteiger partial charge in [-0.25, -0.2) is 0 Å². The van der Waals surface area contributed by atoms with Crippen LogP contribution in [-0.4, -0.2) is 55.4 Å². The molecule has 146 valence electrons. The summed E-state index contributed by atoms with van der Waals surface area (Å²) in [6.07, 6.45) is -0.478.